The van der Waals surface area contributed by atoms with Crippen LogP contribution in [0.5, 0.6) is 0 Å². The molecule has 0 bridgehead atoms. The zero-order valence-corrected chi connectivity index (χ0v) is 12.6. The molecule has 2 aromatic rings. The number of carbonyl (C=O) groups is 1. The molecule has 2 N–H and O–H groups in total. The van der Waals surface area contributed by atoms with E-state index in [0.717, 1.165) is 0 Å². The summed E-state index contributed by atoms with van der Waals surface area (Å²) in [5.74, 6) is -0.817. The third-order valence-electron chi connectivity index (χ3n) is 2.46. The number of hydrogen-bond donors (Lipinski definition) is 2. The fourth-order valence-electron chi connectivity index (χ4n) is 1.52. The molecule has 0 heterocycles. The molecule has 2 aromatic carbocycles. The maximum absolute atomic E-state index is 13.7. The van der Waals surface area contributed by atoms with Crippen LogP contribution in [0.2, 0.25) is 0 Å². The maximum atomic E-state index is 13.7. The topological polar surface area (TPSA) is 41.1 Å². The van der Waals surface area contributed by atoms with Crippen LogP contribution in [0.1, 0.15) is 10.4 Å². The lowest BCUT2D eigenvalue weighted by atomic mass is 10.2. The van der Waals surface area contributed by atoms with Crippen molar-refractivity contribution in [2.75, 3.05) is 5.32 Å². The first-order valence-electron chi connectivity index (χ1n) is 5.69. The van der Waals surface area contributed by atoms with Gasteiger partial charge in [0.1, 0.15) is 0 Å². The zero-order chi connectivity index (χ0) is 14.5. The number of anilines is 1. The van der Waals surface area contributed by atoms with E-state index in [2.05, 4.69) is 26.6 Å². The van der Waals surface area contributed by atoms with Gasteiger partial charge in [-0.3, -0.25) is 10.1 Å². The van der Waals surface area contributed by atoms with Gasteiger partial charge in [-0.2, -0.15) is 0 Å². The highest BCUT2D eigenvalue weighted by atomic mass is 79.9. The molecule has 0 fully saturated rings. The summed E-state index contributed by atoms with van der Waals surface area (Å²) >= 11 is 8.07. The van der Waals surface area contributed by atoms with E-state index in [1.54, 1.807) is 36.4 Å². The molecular weight excluding hydrogens is 343 g/mol. The lowest BCUT2D eigenvalue weighted by molar-refractivity contribution is 0.0977. The van der Waals surface area contributed by atoms with E-state index in [1.807, 2.05) is 6.07 Å². The van der Waals surface area contributed by atoms with Gasteiger partial charge in [-0.1, -0.05) is 24.3 Å². The van der Waals surface area contributed by atoms with E-state index in [-0.39, 0.29) is 16.7 Å². The molecule has 0 radical (unpaired) electrons. The Kier molecular flexibility index (Phi) is 4.81. The van der Waals surface area contributed by atoms with Crippen molar-refractivity contribution in [2.24, 2.45) is 0 Å². The Balaban J connectivity index is 2.03. The molecule has 2 rings (SSSR count). The summed E-state index contributed by atoms with van der Waals surface area (Å²) in [5.41, 5.74) is 0.670. The average molecular weight is 353 g/mol. The number of benzene rings is 2. The largest absolute Gasteiger partial charge is 0.330 e. The van der Waals surface area contributed by atoms with Crippen molar-refractivity contribution in [3.63, 3.8) is 0 Å². The van der Waals surface area contributed by atoms with Crippen molar-refractivity contribution in [3.05, 3.63) is 64.4 Å². The summed E-state index contributed by atoms with van der Waals surface area (Å²) in [6.45, 7) is 0. The van der Waals surface area contributed by atoms with Crippen LogP contribution in [0, 0.1) is 5.82 Å². The summed E-state index contributed by atoms with van der Waals surface area (Å²) in [6.07, 6.45) is 0. The van der Waals surface area contributed by atoms with Gasteiger partial charge in [0.25, 0.3) is 5.91 Å². The van der Waals surface area contributed by atoms with Crippen LogP contribution >= 0.6 is 28.1 Å². The van der Waals surface area contributed by atoms with Crippen LogP contribution < -0.4 is 10.6 Å². The monoisotopic (exact) mass is 352 g/mol. The van der Waals surface area contributed by atoms with Gasteiger partial charge in [-0.15, -0.1) is 0 Å². The lowest BCUT2D eigenvalue weighted by Gasteiger charge is -2.10. The highest BCUT2D eigenvalue weighted by Gasteiger charge is 2.10. The number of thiocarbonyl (C=S) groups is 1. The molecule has 0 spiro atoms. The molecule has 102 valence electrons. The molecule has 0 saturated carbocycles. The second-order valence-electron chi connectivity index (χ2n) is 3.88. The second-order valence-corrected chi connectivity index (χ2v) is 5.14. The first kappa shape index (κ1) is 14.6. The fourth-order valence-corrected chi connectivity index (χ4v) is 2.09. The van der Waals surface area contributed by atoms with Gasteiger partial charge >= 0.3 is 0 Å². The predicted octanol–water partition coefficient (Wildman–Crippen LogP) is 3.72. The summed E-state index contributed by atoms with van der Waals surface area (Å²) in [5, 5.41) is 5.17. The van der Waals surface area contributed by atoms with E-state index in [4.69, 9.17) is 12.2 Å². The van der Waals surface area contributed by atoms with Crippen molar-refractivity contribution in [1.82, 2.24) is 5.32 Å². The van der Waals surface area contributed by atoms with E-state index >= 15 is 0 Å². The molecule has 0 aliphatic heterocycles. The Bertz CT molecular complexity index is 649. The molecule has 20 heavy (non-hydrogen) atoms. The van der Waals surface area contributed by atoms with Crippen molar-refractivity contribution >= 4 is 44.9 Å². The Morgan fingerprint density at radius 3 is 2.50 bits per heavy atom. The van der Waals surface area contributed by atoms with Gasteiger partial charge < -0.3 is 5.32 Å². The van der Waals surface area contributed by atoms with Crippen LogP contribution in [0.15, 0.2) is 53.0 Å². The number of carbonyl (C=O) groups excluding carboxylic acids is 1. The van der Waals surface area contributed by atoms with Gasteiger partial charge in [-0.25, -0.2) is 4.39 Å². The van der Waals surface area contributed by atoms with Crippen LogP contribution in [0.4, 0.5) is 10.1 Å². The first-order chi connectivity index (χ1) is 9.58. The minimum absolute atomic E-state index is 0.0378. The number of nitrogens with one attached hydrogen (secondary N) is 2. The normalized spacial score (nSPS) is 9.90. The summed E-state index contributed by atoms with van der Waals surface area (Å²) in [6, 6.07) is 13.4. The van der Waals surface area contributed by atoms with Crippen molar-refractivity contribution in [2.45, 2.75) is 0 Å². The average Bonchev–Trinajstić information content (AvgIpc) is 2.45. The van der Waals surface area contributed by atoms with Crippen LogP contribution in [-0.4, -0.2) is 11.0 Å². The van der Waals surface area contributed by atoms with Gasteiger partial charge in [0.05, 0.1) is 10.2 Å². The highest BCUT2D eigenvalue weighted by molar-refractivity contribution is 9.10. The van der Waals surface area contributed by atoms with Crippen LogP contribution in [0.3, 0.4) is 0 Å². The minimum atomic E-state index is -0.469. The fraction of sp³-hybridized carbons (Fsp3) is 0. The molecular formula is C14H10BrFN2OS. The quantitative estimate of drug-likeness (QED) is 0.809. The molecule has 3 nitrogen and oxygen atoms in total. The number of hydrogen-bond acceptors (Lipinski definition) is 2. The number of rotatable bonds is 2. The minimum Gasteiger partial charge on any atom is -0.330 e. The summed E-state index contributed by atoms with van der Waals surface area (Å²) in [4.78, 5) is 11.9. The Morgan fingerprint density at radius 1 is 1.10 bits per heavy atom. The van der Waals surface area contributed by atoms with Crippen LogP contribution in [-0.2, 0) is 0 Å². The molecule has 0 saturated heterocycles. The van der Waals surface area contributed by atoms with E-state index in [9.17, 15) is 9.18 Å². The second kappa shape index (κ2) is 6.58. The van der Waals surface area contributed by atoms with Gasteiger partial charge in [0, 0.05) is 5.56 Å². The summed E-state index contributed by atoms with van der Waals surface area (Å²) < 4.78 is 14.1. The van der Waals surface area contributed by atoms with E-state index in [0.29, 0.717) is 10.0 Å². The third kappa shape index (κ3) is 3.61. The van der Waals surface area contributed by atoms with E-state index in [1.165, 1.54) is 6.07 Å². The lowest BCUT2D eigenvalue weighted by Crippen LogP contribution is -2.34. The maximum Gasteiger partial charge on any atom is 0.257 e. The summed E-state index contributed by atoms with van der Waals surface area (Å²) in [7, 11) is 0. The first-order valence-corrected chi connectivity index (χ1v) is 6.89. The Labute approximate surface area is 129 Å². The Hall–Kier alpha value is -1.79. The molecule has 0 aliphatic rings. The van der Waals surface area contributed by atoms with Crippen molar-refractivity contribution in [1.29, 1.82) is 0 Å². The third-order valence-corrected chi connectivity index (χ3v) is 3.28. The highest BCUT2D eigenvalue weighted by Crippen LogP contribution is 2.22. The SMILES string of the molecule is O=C(NC(=S)Nc1cccc(Br)c1F)c1ccccc1. The molecule has 0 unspecified atom stereocenters. The molecule has 0 aromatic heterocycles. The molecule has 6 heteroatoms. The van der Waals surface area contributed by atoms with Crippen LogP contribution in [0.25, 0.3) is 0 Å². The Morgan fingerprint density at radius 2 is 1.80 bits per heavy atom. The van der Waals surface area contributed by atoms with Gasteiger partial charge in [-0.05, 0) is 52.4 Å². The zero-order valence-electron chi connectivity index (χ0n) is 10.2. The molecule has 0 atom stereocenters. The van der Waals surface area contributed by atoms with Gasteiger partial charge in [0.2, 0.25) is 0 Å². The van der Waals surface area contributed by atoms with Crippen molar-refractivity contribution in [3.8, 4) is 0 Å². The molecule has 0 aliphatic carbocycles. The number of halogens is 2. The van der Waals surface area contributed by atoms with Gasteiger partial charge in [0.15, 0.2) is 10.9 Å². The standard InChI is InChI=1S/C14H10BrFN2OS/c15-10-7-4-8-11(12(10)16)17-14(20)18-13(19)9-5-2-1-3-6-9/h1-8H,(H2,17,18,19,20). The van der Waals surface area contributed by atoms with E-state index < -0.39 is 5.82 Å². The predicted molar refractivity (Wildman–Crippen MR) is 84.2 cm³/mol. The molecule has 1 amide bonds. The number of amides is 1. The van der Waals surface area contributed by atoms with Crippen molar-refractivity contribution < 1.29 is 9.18 Å². The smallest absolute Gasteiger partial charge is 0.257 e.